The summed E-state index contributed by atoms with van der Waals surface area (Å²) in [5, 5.41) is 23.3. The third-order valence-electron chi connectivity index (χ3n) is 17.0. The smallest absolute Gasteiger partial charge is 0.273 e. The summed E-state index contributed by atoms with van der Waals surface area (Å²) >= 11 is 0. The van der Waals surface area contributed by atoms with Crippen LogP contribution in [0.15, 0.2) is 204 Å². The molecule has 1 aliphatic heterocycles. The van der Waals surface area contributed by atoms with Crippen molar-refractivity contribution in [2.75, 3.05) is 0 Å². The maximum Gasteiger partial charge on any atom is 0.273 e. The summed E-state index contributed by atoms with van der Waals surface area (Å²) in [5.74, 6) is -8.26. The first-order valence-corrected chi connectivity index (χ1v) is 36.1. The number of hydrogen-bond acceptors (Lipinski definition) is 8. The lowest BCUT2D eigenvalue weighted by atomic mass is 9.78. The van der Waals surface area contributed by atoms with Gasteiger partial charge in [0.1, 0.15) is 5.76 Å². The number of rotatable bonds is 4. The molecule has 0 saturated carbocycles. The van der Waals surface area contributed by atoms with Crippen molar-refractivity contribution in [3.05, 3.63) is 294 Å². The molecule has 9 rings (SSSR count). The van der Waals surface area contributed by atoms with Crippen LogP contribution in [-0.4, -0.2) is 26.6 Å². The molecule has 0 spiro atoms. The largest absolute Gasteiger partial charge is 0.469 e. The van der Waals surface area contributed by atoms with E-state index < -0.39 is 40.1 Å². The molecule has 2 amide bonds. The molecule has 0 bridgehead atoms. The van der Waals surface area contributed by atoms with Crippen molar-refractivity contribution in [3.63, 3.8) is 0 Å². The van der Waals surface area contributed by atoms with Crippen LogP contribution in [0.4, 0.5) is 33.3 Å². The molecule has 1 N–H and O–H groups in total. The second kappa shape index (κ2) is 41.2. The van der Waals surface area contributed by atoms with E-state index in [-0.39, 0.29) is 65.5 Å². The van der Waals surface area contributed by atoms with Gasteiger partial charge >= 0.3 is 0 Å². The van der Waals surface area contributed by atoms with E-state index in [1.807, 2.05) is 78.2 Å². The third-order valence-corrected chi connectivity index (χ3v) is 17.0. The molecule has 1 atom stereocenters. The highest BCUT2D eigenvalue weighted by molar-refractivity contribution is 6.08. The number of nitrogens with one attached hydrogen (secondary N) is 1. The van der Waals surface area contributed by atoms with Gasteiger partial charge in [-0.3, -0.25) is 40.1 Å². The lowest BCUT2D eigenvalue weighted by molar-refractivity contribution is -0.386. The van der Waals surface area contributed by atoms with Crippen molar-refractivity contribution < 1.29 is 45.8 Å². The number of aromatic nitrogens is 1. The molecule has 6 aromatic carbocycles. The first kappa shape index (κ1) is 95.8. The van der Waals surface area contributed by atoms with Crippen molar-refractivity contribution in [2.24, 2.45) is 16.2 Å². The molecular formula is C91H123F5N4O7. The summed E-state index contributed by atoms with van der Waals surface area (Å²) in [6, 6.07) is 53.3. The number of benzene rings is 6. The Morgan fingerprint density at radius 1 is 0.467 bits per heavy atom. The number of carbonyl (C=O) groups excluding carboxylic acids is 2. The minimum absolute atomic E-state index is 0.0507. The predicted octanol–water partition coefficient (Wildman–Crippen LogP) is 26.4. The van der Waals surface area contributed by atoms with E-state index in [1.165, 1.54) is 48.6 Å². The Balaban J connectivity index is 0.000000604. The standard InChI is InChI=1S/C13H18.C12H18.C10H9F5.2C10H13NO2.C10H14.C9H13NO2.C9H13N.C8H12O/c1-11(13(2,3)4)10-12-8-6-5-7-9-12;1-10(12(2,3)4)11-8-6-5-7-9-11;1-10(2,3)4-5(11)7(13)9(15)8(14)6(4)12;1-10(2,3)8-4-6-9(7-5-8)11(12)13;1-10(2,3)8-6-4-5-7-9(8)11(12)13;1-10(2,3)9-7-5-4-6-8-9;1-9(2,3)6-4-5-7(11)10-8(6)12;1-9(2,3)8-4-6-10-7-5-8;1-8(2,3)7-5-4-6-9-7/h5-10H,1-4H3;5-10H,1-4H3;1-3H3;2*4-7H,1-3H3;4-8H,1-3H3;4H,5H2,1-3H3,(H,10,11,12);4-7H,1-3H3;4-6H,1-3H3/b11-10+;;;;;;;;. The average molecular weight is 1480 g/mol. The van der Waals surface area contributed by atoms with Crippen LogP contribution in [0.1, 0.15) is 258 Å². The molecule has 0 fully saturated rings. The topological polar surface area (TPSA) is 158 Å². The van der Waals surface area contributed by atoms with Crippen LogP contribution in [0, 0.1) is 65.6 Å². The Labute approximate surface area is 637 Å². The molecule has 16 heteroatoms. The first-order chi connectivity index (χ1) is 48.8. The maximum atomic E-state index is 13.2. The summed E-state index contributed by atoms with van der Waals surface area (Å²) in [6.07, 6.45) is 9.65. The second-order valence-corrected chi connectivity index (χ2v) is 35.5. The fourth-order valence-corrected chi connectivity index (χ4v) is 9.55. The number of furan rings is 1. The monoisotopic (exact) mass is 1480 g/mol. The molecule has 0 saturated heterocycles. The molecule has 584 valence electrons. The third kappa shape index (κ3) is 34.9. The van der Waals surface area contributed by atoms with Gasteiger partial charge in [-0.05, 0) is 108 Å². The number of imide groups is 1. The Bertz CT molecular complexity index is 4000. The Kier molecular flexibility index (Phi) is 36.9. The van der Waals surface area contributed by atoms with Gasteiger partial charge in [0.25, 0.3) is 17.3 Å². The molecule has 2 aromatic heterocycles. The number of amides is 2. The Hall–Kier alpha value is -9.18. The zero-order valence-electron chi connectivity index (χ0n) is 69.3. The second-order valence-electron chi connectivity index (χ2n) is 35.5. The van der Waals surface area contributed by atoms with Crippen molar-refractivity contribution in [1.29, 1.82) is 0 Å². The van der Waals surface area contributed by atoms with E-state index in [1.54, 1.807) is 54.8 Å². The molecule has 8 aromatic rings. The fraction of sp³-hybridized carbons (Fsp3) is 0.440. The number of nitro groups is 2. The SMILES string of the molecule is C/C(=C\c1ccccc1)C(C)(C)C.CC(C)(C)C1=CCC(=O)NC1=O.CC(C)(C)c1c(F)c(F)c(F)c(F)c1F.CC(C)(C)c1ccc([N+](=O)[O-])cc1.CC(C)(C)c1ccccc1.CC(C)(C)c1ccccc1[N+](=O)[O-].CC(C)(C)c1ccco1.CC(C)(C)c1ccncc1.CC(c1ccccc1)C(C)(C)C. The van der Waals surface area contributed by atoms with Crippen molar-refractivity contribution in [3.8, 4) is 0 Å². The van der Waals surface area contributed by atoms with Gasteiger partial charge in [-0.2, -0.15) is 0 Å². The number of pyridine rings is 1. The van der Waals surface area contributed by atoms with Crippen LogP contribution in [0.25, 0.3) is 6.08 Å². The zero-order chi connectivity index (χ0) is 82.7. The minimum atomic E-state index is -2.13. The number of allylic oxidation sites excluding steroid dienone is 1. The minimum Gasteiger partial charge on any atom is -0.469 e. The molecular weight excluding hydrogens is 1360 g/mol. The predicted molar refractivity (Wildman–Crippen MR) is 433 cm³/mol. The highest BCUT2D eigenvalue weighted by Crippen LogP contribution is 2.36. The van der Waals surface area contributed by atoms with E-state index in [4.69, 9.17) is 4.42 Å². The molecule has 1 aliphatic rings. The number of nitrogens with zero attached hydrogens (tertiary/aromatic N) is 3. The summed E-state index contributed by atoms with van der Waals surface area (Å²) in [4.78, 5) is 46.3. The molecule has 11 nitrogen and oxygen atoms in total. The van der Waals surface area contributed by atoms with Gasteiger partial charge in [-0.1, -0.05) is 333 Å². The number of non-ortho nitro benzene ring substituents is 1. The molecule has 3 heterocycles. The molecule has 0 radical (unpaired) electrons. The van der Waals surface area contributed by atoms with Gasteiger partial charge in [-0.25, -0.2) is 22.0 Å². The maximum absolute atomic E-state index is 13.2. The molecule has 1 unspecified atom stereocenters. The number of carbonyl (C=O) groups is 2. The summed E-state index contributed by atoms with van der Waals surface area (Å²) in [5.41, 5.74) is 8.90. The van der Waals surface area contributed by atoms with Gasteiger partial charge in [0, 0.05) is 59.1 Å². The zero-order valence-corrected chi connectivity index (χ0v) is 69.3. The summed E-state index contributed by atoms with van der Waals surface area (Å²) in [6.45, 7) is 59.8. The number of halogens is 5. The van der Waals surface area contributed by atoms with Gasteiger partial charge in [0.2, 0.25) is 11.7 Å². The fourth-order valence-electron chi connectivity index (χ4n) is 9.55. The number of hydrogen-bond donors (Lipinski definition) is 1. The van der Waals surface area contributed by atoms with E-state index in [9.17, 15) is 51.8 Å². The average Bonchev–Trinajstić information content (AvgIpc) is 1.07. The van der Waals surface area contributed by atoms with Crippen LogP contribution < -0.4 is 5.32 Å². The lowest BCUT2D eigenvalue weighted by Crippen LogP contribution is -2.38. The highest BCUT2D eigenvalue weighted by atomic mass is 19.2. The van der Waals surface area contributed by atoms with Gasteiger partial charge < -0.3 is 4.42 Å². The highest BCUT2D eigenvalue weighted by Gasteiger charge is 2.33. The Morgan fingerprint density at radius 2 is 0.879 bits per heavy atom. The van der Waals surface area contributed by atoms with Gasteiger partial charge in [-0.15, -0.1) is 0 Å². The van der Waals surface area contributed by atoms with Crippen LogP contribution >= 0.6 is 0 Å². The molecule has 0 aliphatic carbocycles. The van der Waals surface area contributed by atoms with Crippen LogP contribution in [-0.2, 0) is 42.1 Å². The summed E-state index contributed by atoms with van der Waals surface area (Å²) in [7, 11) is 0. The number of para-hydroxylation sites is 1. The Morgan fingerprint density at radius 3 is 1.21 bits per heavy atom. The number of nitro benzene ring substituents is 2. The van der Waals surface area contributed by atoms with E-state index in [0.29, 0.717) is 28.7 Å². The first-order valence-electron chi connectivity index (χ1n) is 36.1. The molecule has 107 heavy (non-hydrogen) atoms. The van der Waals surface area contributed by atoms with Crippen molar-refractivity contribution in [1.82, 2.24) is 10.3 Å². The van der Waals surface area contributed by atoms with Gasteiger partial charge in [0.05, 0.1) is 16.1 Å². The quantitative estimate of drug-likeness (QED) is 0.0455. The normalized spacial score (nSPS) is 12.9. The van der Waals surface area contributed by atoms with Crippen LogP contribution in [0.3, 0.4) is 0 Å². The van der Waals surface area contributed by atoms with Crippen LogP contribution in [0.5, 0.6) is 0 Å². The van der Waals surface area contributed by atoms with E-state index >= 15 is 0 Å². The van der Waals surface area contributed by atoms with Gasteiger partial charge in [0.15, 0.2) is 23.3 Å². The lowest BCUT2D eigenvalue weighted by Gasteiger charge is -2.27. The van der Waals surface area contributed by atoms with E-state index in [0.717, 1.165) is 16.9 Å². The summed E-state index contributed by atoms with van der Waals surface area (Å²) < 4.78 is 69.8. The van der Waals surface area contributed by atoms with Crippen molar-refractivity contribution >= 4 is 29.3 Å². The van der Waals surface area contributed by atoms with Crippen molar-refractivity contribution in [2.45, 2.75) is 246 Å². The van der Waals surface area contributed by atoms with E-state index in [2.05, 4.69) is 252 Å². The van der Waals surface area contributed by atoms with Crippen LogP contribution in [0.2, 0.25) is 0 Å².